The van der Waals surface area contributed by atoms with E-state index in [2.05, 4.69) is 4.89 Å². The Labute approximate surface area is 134 Å². The van der Waals surface area contributed by atoms with Gasteiger partial charge in [0.2, 0.25) is 0 Å². The van der Waals surface area contributed by atoms with Crippen molar-refractivity contribution in [3.05, 3.63) is 0 Å². The number of hydrogen-bond acceptors (Lipinski definition) is 9. The van der Waals surface area contributed by atoms with Gasteiger partial charge in [0.05, 0.1) is 0 Å². The van der Waals surface area contributed by atoms with Gasteiger partial charge in [-0.2, -0.15) is 4.89 Å². The fourth-order valence-corrected chi connectivity index (χ4v) is 1.77. The second kappa shape index (κ2) is 9.78. The van der Waals surface area contributed by atoms with Gasteiger partial charge >= 0.3 is 23.9 Å². The average molecular weight is 334 g/mol. The average Bonchev–Trinajstić information content (AvgIpc) is 2.38. The molecule has 0 aliphatic heterocycles. The Balaban J connectivity index is 5.33. The van der Waals surface area contributed by atoms with Crippen LogP contribution in [-0.4, -0.2) is 48.3 Å². The van der Waals surface area contributed by atoms with Crippen LogP contribution in [0.1, 0.15) is 41.5 Å². The van der Waals surface area contributed by atoms with Crippen molar-refractivity contribution < 1.29 is 43.2 Å². The summed E-state index contributed by atoms with van der Waals surface area (Å²) in [5, 5.41) is 0. The first-order valence-electron chi connectivity index (χ1n) is 6.90. The standard InChI is InChI=1S/C14H22O9/c1-7(19-9(3)15)13(20-10(4)16)14(21-11(5)17)8(2)22-23-12(6)18/h7-8,13-14H,1-6H3. The third-order valence-electron chi connectivity index (χ3n) is 2.52. The van der Waals surface area contributed by atoms with Gasteiger partial charge in [0, 0.05) is 27.7 Å². The summed E-state index contributed by atoms with van der Waals surface area (Å²) in [7, 11) is 0. The van der Waals surface area contributed by atoms with E-state index in [1.807, 2.05) is 0 Å². The first-order valence-corrected chi connectivity index (χ1v) is 6.90. The topological polar surface area (TPSA) is 114 Å². The summed E-state index contributed by atoms with van der Waals surface area (Å²) in [4.78, 5) is 53.7. The van der Waals surface area contributed by atoms with Crippen molar-refractivity contribution in [2.75, 3.05) is 0 Å². The molecule has 0 saturated heterocycles. The van der Waals surface area contributed by atoms with Crippen molar-refractivity contribution in [3.63, 3.8) is 0 Å². The lowest BCUT2D eigenvalue weighted by Crippen LogP contribution is -2.49. The van der Waals surface area contributed by atoms with E-state index in [9.17, 15) is 19.2 Å². The highest BCUT2D eigenvalue weighted by atomic mass is 17.2. The van der Waals surface area contributed by atoms with Crippen LogP contribution >= 0.6 is 0 Å². The van der Waals surface area contributed by atoms with Crippen LogP contribution in [0.15, 0.2) is 0 Å². The molecular weight excluding hydrogens is 312 g/mol. The lowest BCUT2D eigenvalue weighted by Gasteiger charge is -2.32. The van der Waals surface area contributed by atoms with Crippen LogP contribution in [0.4, 0.5) is 0 Å². The van der Waals surface area contributed by atoms with Gasteiger partial charge in [-0.15, -0.1) is 0 Å². The summed E-state index contributed by atoms with van der Waals surface area (Å²) < 4.78 is 15.2. The zero-order valence-electron chi connectivity index (χ0n) is 14.0. The molecule has 4 atom stereocenters. The molecule has 0 aliphatic carbocycles. The molecule has 23 heavy (non-hydrogen) atoms. The van der Waals surface area contributed by atoms with Crippen molar-refractivity contribution in [2.24, 2.45) is 0 Å². The van der Waals surface area contributed by atoms with Gasteiger partial charge in [-0.1, -0.05) is 0 Å². The van der Waals surface area contributed by atoms with Crippen molar-refractivity contribution in [3.8, 4) is 0 Å². The molecule has 0 spiro atoms. The monoisotopic (exact) mass is 334 g/mol. The first-order chi connectivity index (χ1) is 10.5. The lowest BCUT2D eigenvalue weighted by molar-refractivity contribution is -0.314. The summed E-state index contributed by atoms with van der Waals surface area (Å²) in [6, 6.07) is 0. The number of rotatable bonds is 8. The summed E-state index contributed by atoms with van der Waals surface area (Å²) in [6.07, 6.45) is -4.22. The molecule has 9 heteroatoms. The van der Waals surface area contributed by atoms with Crippen molar-refractivity contribution in [1.82, 2.24) is 0 Å². The predicted molar refractivity (Wildman–Crippen MR) is 74.6 cm³/mol. The van der Waals surface area contributed by atoms with Gasteiger partial charge in [-0.25, -0.2) is 4.79 Å². The number of hydrogen-bond donors (Lipinski definition) is 0. The molecule has 0 aromatic carbocycles. The lowest BCUT2D eigenvalue weighted by atomic mass is 10.0. The summed E-state index contributed by atoms with van der Waals surface area (Å²) in [5.41, 5.74) is 0. The van der Waals surface area contributed by atoms with Crippen LogP contribution in [0.3, 0.4) is 0 Å². The number of carbonyl (C=O) groups is 4. The molecule has 0 aliphatic rings. The Morgan fingerprint density at radius 2 is 1.00 bits per heavy atom. The maximum absolute atomic E-state index is 11.3. The van der Waals surface area contributed by atoms with E-state index in [1.165, 1.54) is 20.8 Å². The Morgan fingerprint density at radius 1 is 0.609 bits per heavy atom. The molecule has 0 saturated carbocycles. The molecule has 0 aromatic heterocycles. The third kappa shape index (κ3) is 8.77. The van der Waals surface area contributed by atoms with E-state index in [1.54, 1.807) is 0 Å². The van der Waals surface area contributed by atoms with E-state index in [4.69, 9.17) is 19.1 Å². The second-order valence-corrected chi connectivity index (χ2v) is 4.84. The van der Waals surface area contributed by atoms with E-state index in [0.29, 0.717) is 0 Å². The predicted octanol–water partition coefficient (Wildman–Crippen LogP) is 0.685. The second-order valence-electron chi connectivity index (χ2n) is 4.84. The Hall–Kier alpha value is -2.16. The van der Waals surface area contributed by atoms with Crippen LogP contribution in [0.5, 0.6) is 0 Å². The minimum atomic E-state index is -1.16. The molecule has 9 nitrogen and oxygen atoms in total. The highest BCUT2D eigenvalue weighted by Crippen LogP contribution is 2.19. The molecule has 0 aromatic rings. The molecule has 0 bridgehead atoms. The molecule has 0 heterocycles. The molecule has 132 valence electrons. The molecule has 0 rings (SSSR count). The molecular formula is C14H22O9. The zero-order chi connectivity index (χ0) is 18.2. The van der Waals surface area contributed by atoms with Crippen molar-refractivity contribution in [1.29, 1.82) is 0 Å². The van der Waals surface area contributed by atoms with Gasteiger partial charge in [-0.3, -0.25) is 19.3 Å². The SMILES string of the molecule is CC(=O)OOC(C)C(OC(C)=O)C(OC(C)=O)C(C)OC(C)=O. The maximum atomic E-state index is 11.3. The third-order valence-corrected chi connectivity index (χ3v) is 2.52. The van der Waals surface area contributed by atoms with Crippen LogP contribution < -0.4 is 0 Å². The number of ether oxygens (including phenoxy) is 3. The molecule has 0 amide bonds. The van der Waals surface area contributed by atoms with Gasteiger partial charge in [-0.05, 0) is 13.8 Å². The Bertz CT molecular complexity index is 446. The van der Waals surface area contributed by atoms with Gasteiger partial charge in [0.25, 0.3) is 0 Å². The maximum Gasteiger partial charge on any atom is 0.339 e. The summed E-state index contributed by atoms with van der Waals surface area (Å²) in [6.45, 7) is 7.50. The van der Waals surface area contributed by atoms with Crippen molar-refractivity contribution in [2.45, 2.75) is 66.0 Å². The quantitative estimate of drug-likeness (QED) is 0.273. The van der Waals surface area contributed by atoms with Gasteiger partial charge < -0.3 is 14.2 Å². The highest BCUT2D eigenvalue weighted by molar-refractivity contribution is 5.68. The molecule has 0 radical (unpaired) electrons. The van der Waals surface area contributed by atoms with E-state index in [-0.39, 0.29) is 0 Å². The number of carbonyl (C=O) groups excluding carboxylic acids is 4. The van der Waals surface area contributed by atoms with Crippen LogP contribution in [0.2, 0.25) is 0 Å². The van der Waals surface area contributed by atoms with Crippen LogP contribution in [-0.2, 0) is 43.2 Å². The normalized spacial score (nSPS) is 15.6. The fraction of sp³-hybridized carbons (Fsp3) is 0.714. The summed E-state index contributed by atoms with van der Waals surface area (Å²) in [5.74, 6) is -2.67. The smallest absolute Gasteiger partial charge is 0.339 e. The molecule has 4 unspecified atom stereocenters. The minimum Gasteiger partial charge on any atom is -0.459 e. The largest absolute Gasteiger partial charge is 0.459 e. The van der Waals surface area contributed by atoms with E-state index in [0.717, 1.165) is 20.8 Å². The molecule has 0 fully saturated rings. The Kier molecular flexibility index (Phi) is 8.86. The first kappa shape index (κ1) is 20.8. The number of esters is 3. The highest BCUT2D eigenvalue weighted by Gasteiger charge is 2.39. The van der Waals surface area contributed by atoms with Crippen LogP contribution in [0, 0.1) is 0 Å². The van der Waals surface area contributed by atoms with E-state index >= 15 is 0 Å². The molecule has 0 N–H and O–H groups in total. The van der Waals surface area contributed by atoms with Gasteiger partial charge in [0.1, 0.15) is 12.2 Å². The van der Waals surface area contributed by atoms with Gasteiger partial charge in [0.15, 0.2) is 12.2 Å². The Morgan fingerprint density at radius 3 is 1.35 bits per heavy atom. The van der Waals surface area contributed by atoms with Crippen LogP contribution in [0.25, 0.3) is 0 Å². The fourth-order valence-electron chi connectivity index (χ4n) is 1.77. The van der Waals surface area contributed by atoms with Crippen molar-refractivity contribution >= 4 is 23.9 Å². The minimum absolute atomic E-state index is 0.607. The van der Waals surface area contributed by atoms with E-state index < -0.39 is 48.3 Å². The zero-order valence-corrected chi connectivity index (χ0v) is 14.0. The summed E-state index contributed by atoms with van der Waals surface area (Å²) >= 11 is 0.